The summed E-state index contributed by atoms with van der Waals surface area (Å²) in [5, 5.41) is 2.81. The molecule has 2 aromatic rings. The van der Waals surface area contributed by atoms with E-state index in [1.54, 1.807) is 31.2 Å². The van der Waals surface area contributed by atoms with E-state index in [2.05, 4.69) is 5.32 Å². The Balaban J connectivity index is 1.79. The highest BCUT2D eigenvalue weighted by molar-refractivity contribution is 6.05. The number of rotatable bonds is 3. The fourth-order valence-electron chi connectivity index (χ4n) is 3.74. The first-order chi connectivity index (χ1) is 13.3. The second kappa shape index (κ2) is 7.84. The maximum Gasteiger partial charge on any atom is 0.339 e. The number of amides is 2. The number of fused-ring (bicyclic) bond motifs is 1. The molecular weight excluding hydrogens is 356 g/mol. The average Bonchev–Trinajstić information content (AvgIpc) is 2.73. The molecule has 0 saturated carbocycles. The van der Waals surface area contributed by atoms with Crippen molar-refractivity contribution in [3.05, 3.63) is 58.7 Å². The summed E-state index contributed by atoms with van der Waals surface area (Å²) in [5.41, 5.74) is 4.36. The van der Waals surface area contributed by atoms with Crippen LogP contribution in [0.5, 0.6) is 0 Å². The van der Waals surface area contributed by atoms with Gasteiger partial charge in [-0.3, -0.25) is 9.59 Å². The molecule has 1 aliphatic rings. The van der Waals surface area contributed by atoms with Crippen molar-refractivity contribution >= 4 is 29.2 Å². The summed E-state index contributed by atoms with van der Waals surface area (Å²) in [5.74, 6) is -1.04. The van der Waals surface area contributed by atoms with Gasteiger partial charge in [-0.1, -0.05) is 29.8 Å². The zero-order valence-electron chi connectivity index (χ0n) is 16.5. The monoisotopic (exact) mass is 380 g/mol. The van der Waals surface area contributed by atoms with Crippen LogP contribution in [-0.2, 0) is 14.3 Å². The van der Waals surface area contributed by atoms with Gasteiger partial charge in [0, 0.05) is 12.5 Å². The molecule has 1 aliphatic heterocycles. The summed E-state index contributed by atoms with van der Waals surface area (Å²) >= 11 is 0. The summed E-state index contributed by atoms with van der Waals surface area (Å²) in [6.07, 6.45) is 0.171. The second-order valence-electron chi connectivity index (χ2n) is 7.23. The highest BCUT2D eigenvalue weighted by Gasteiger charge is 2.30. The van der Waals surface area contributed by atoms with Gasteiger partial charge in [0.05, 0.1) is 16.9 Å². The Bertz CT molecular complexity index is 928. The summed E-state index contributed by atoms with van der Waals surface area (Å²) < 4.78 is 5.34. The molecular formula is C22H24N2O4. The number of carbonyl (C=O) groups is 3. The van der Waals surface area contributed by atoms with Gasteiger partial charge in [-0.05, 0) is 51.0 Å². The Morgan fingerprint density at radius 3 is 2.46 bits per heavy atom. The van der Waals surface area contributed by atoms with E-state index in [9.17, 15) is 14.4 Å². The van der Waals surface area contributed by atoms with Crippen molar-refractivity contribution in [3.63, 3.8) is 0 Å². The number of hydrogen-bond donors (Lipinski definition) is 1. The van der Waals surface area contributed by atoms with E-state index >= 15 is 0 Å². The molecule has 2 amide bonds. The molecule has 146 valence electrons. The number of nitrogens with one attached hydrogen (secondary N) is 1. The van der Waals surface area contributed by atoms with Crippen LogP contribution in [0.3, 0.4) is 0 Å². The Kier molecular flexibility index (Phi) is 5.49. The Hall–Kier alpha value is -3.15. The maximum absolute atomic E-state index is 12.9. The number of anilines is 2. The SMILES string of the molecule is Cc1cc(C)c(C(=O)OCC(=O)N2c3ccccc3NC(=O)C[C@@H]2C)c(C)c1. The number of hydrogen-bond acceptors (Lipinski definition) is 4. The van der Waals surface area contributed by atoms with Crippen molar-refractivity contribution in [2.45, 2.75) is 40.2 Å². The third-order valence-electron chi connectivity index (χ3n) is 4.84. The number of aryl methyl sites for hydroxylation is 3. The molecule has 0 saturated heterocycles. The Labute approximate surface area is 164 Å². The van der Waals surface area contributed by atoms with Gasteiger partial charge in [0.25, 0.3) is 5.91 Å². The predicted octanol–water partition coefficient (Wildman–Crippen LogP) is 3.53. The molecule has 0 radical (unpaired) electrons. The number of para-hydroxylation sites is 2. The van der Waals surface area contributed by atoms with Gasteiger partial charge in [-0.2, -0.15) is 0 Å². The van der Waals surface area contributed by atoms with Crippen LogP contribution >= 0.6 is 0 Å². The second-order valence-corrected chi connectivity index (χ2v) is 7.23. The lowest BCUT2D eigenvalue weighted by molar-refractivity contribution is -0.122. The quantitative estimate of drug-likeness (QED) is 0.827. The fraction of sp³-hybridized carbons (Fsp3) is 0.318. The first-order valence-electron chi connectivity index (χ1n) is 9.24. The minimum absolute atomic E-state index is 0.154. The third kappa shape index (κ3) is 3.91. The number of carbonyl (C=O) groups excluding carboxylic acids is 3. The first-order valence-corrected chi connectivity index (χ1v) is 9.24. The Morgan fingerprint density at radius 1 is 1.14 bits per heavy atom. The molecule has 6 heteroatoms. The van der Waals surface area contributed by atoms with E-state index < -0.39 is 12.6 Å². The first kappa shape index (κ1) is 19.6. The molecule has 0 spiro atoms. The smallest absolute Gasteiger partial charge is 0.339 e. The van der Waals surface area contributed by atoms with Crippen LogP contribution in [0.1, 0.15) is 40.4 Å². The van der Waals surface area contributed by atoms with Gasteiger partial charge in [-0.15, -0.1) is 0 Å². The van der Waals surface area contributed by atoms with Crippen LogP contribution in [0.4, 0.5) is 11.4 Å². The van der Waals surface area contributed by atoms with Gasteiger partial charge in [-0.25, -0.2) is 4.79 Å². The molecule has 2 aromatic carbocycles. The number of nitrogens with zero attached hydrogens (tertiary/aromatic N) is 1. The zero-order valence-corrected chi connectivity index (χ0v) is 16.5. The van der Waals surface area contributed by atoms with Crippen LogP contribution in [0, 0.1) is 20.8 Å². The van der Waals surface area contributed by atoms with E-state index in [-0.39, 0.29) is 24.3 Å². The van der Waals surface area contributed by atoms with Gasteiger partial charge < -0.3 is 15.0 Å². The summed E-state index contributed by atoms with van der Waals surface area (Å²) in [7, 11) is 0. The van der Waals surface area contributed by atoms with Gasteiger partial charge >= 0.3 is 5.97 Å². The topological polar surface area (TPSA) is 75.7 Å². The summed E-state index contributed by atoms with van der Waals surface area (Å²) in [6, 6.07) is 10.6. The van der Waals surface area contributed by atoms with Crippen molar-refractivity contribution < 1.29 is 19.1 Å². The molecule has 6 nitrogen and oxygen atoms in total. The molecule has 0 bridgehead atoms. The van der Waals surface area contributed by atoms with Gasteiger partial charge in [0.2, 0.25) is 5.91 Å². The van der Waals surface area contributed by atoms with Crippen molar-refractivity contribution in [2.24, 2.45) is 0 Å². The standard InChI is InChI=1S/C22H24N2O4/c1-13-9-14(2)21(15(3)10-13)22(27)28-12-20(26)24-16(4)11-19(25)23-17-7-5-6-8-18(17)24/h5-10,16H,11-12H2,1-4H3,(H,23,25)/t16-/m0/s1. The van der Waals surface area contributed by atoms with Crippen LogP contribution in [0.25, 0.3) is 0 Å². The van der Waals surface area contributed by atoms with E-state index in [4.69, 9.17) is 4.74 Å². The molecule has 0 unspecified atom stereocenters. The predicted molar refractivity (Wildman–Crippen MR) is 108 cm³/mol. The summed E-state index contributed by atoms with van der Waals surface area (Å²) in [6.45, 7) is 7.08. The van der Waals surface area contributed by atoms with Gasteiger partial charge in [0.1, 0.15) is 0 Å². The molecule has 1 heterocycles. The lowest BCUT2D eigenvalue weighted by atomic mass is 10.00. The van der Waals surface area contributed by atoms with Crippen molar-refractivity contribution in [1.29, 1.82) is 0 Å². The lowest BCUT2D eigenvalue weighted by Crippen LogP contribution is -2.41. The maximum atomic E-state index is 12.9. The van der Waals surface area contributed by atoms with Crippen LogP contribution < -0.4 is 10.2 Å². The average molecular weight is 380 g/mol. The number of benzene rings is 2. The molecule has 1 atom stereocenters. The molecule has 0 aliphatic carbocycles. The zero-order chi connectivity index (χ0) is 20.4. The van der Waals surface area contributed by atoms with Crippen LogP contribution in [-0.4, -0.2) is 30.4 Å². The van der Waals surface area contributed by atoms with Crippen LogP contribution in [0.2, 0.25) is 0 Å². The van der Waals surface area contributed by atoms with Crippen molar-refractivity contribution in [2.75, 3.05) is 16.8 Å². The largest absolute Gasteiger partial charge is 0.452 e. The third-order valence-corrected chi connectivity index (χ3v) is 4.84. The molecule has 28 heavy (non-hydrogen) atoms. The highest BCUT2D eigenvalue weighted by atomic mass is 16.5. The highest BCUT2D eigenvalue weighted by Crippen LogP contribution is 2.31. The molecule has 1 N–H and O–H groups in total. The molecule has 0 fully saturated rings. The summed E-state index contributed by atoms with van der Waals surface area (Å²) in [4.78, 5) is 39.0. The van der Waals surface area contributed by atoms with E-state index in [0.717, 1.165) is 16.7 Å². The van der Waals surface area contributed by atoms with E-state index in [0.29, 0.717) is 16.9 Å². The van der Waals surface area contributed by atoms with Crippen molar-refractivity contribution in [3.8, 4) is 0 Å². The number of esters is 1. The Morgan fingerprint density at radius 2 is 1.79 bits per heavy atom. The minimum atomic E-state index is -0.520. The van der Waals surface area contributed by atoms with Crippen molar-refractivity contribution in [1.82, 2.24) is 0 Å². The van der Waals surface area contributed by atoms with E-state index in [1.807, 2.05) is 32.9 Å². The van der Waals surface area contributed by atoms with E-state index in [1.165, 1.54) is 4.90 Å². The fourth-order valence-corrected chi connectivity index (χ4v) is 3.74. The normalized spacial score (nSPS) is 16.1. The van der Waals surface area contributed by atoms with Gasteiger partial charge in [0.15, 0.2) is 6.61 Å². The lowest BCUT2D eigenvalue weighted by Gasteiger charge is -2.27. The molecule has 3 rings (SSSR count). The minimum Gasteiger partial charge on any atom is -0.452 e. The number of ether oxygens (including phenoxy) is 1. The van der Waals surface area contributed by atoms with Crippen LogP contribution in [0.15, 0.2) is 36.4 Å². The molecule has 0 aromatic heterocycles.